The van der Waals surface area contributed by atoms with Gasteiger partial charge in [-0.25, -0.2) is 4.79 Å². The number of hydrogen-bond donors (Lipinski definition) is 2. The maximum absolute atomic E-state index is 10.1. The number of anilines is 1. The molecule has 4 heteroatoms. The highest BCUT2D eigenvalue weighted by atomic mass is 16.7. The van der Waals surface area contributed by atoms with E-state index in [-0.39, 0.29) is 0 Å². The number of hydrogen-bond acceptors (Lipinski definition) is 3. The summed E-state index contributed by atoms with van der Waals surface area (Å²) in [7, 11) is 0. The molecule has 0 aliphatic rings. The number of rotatable bonds is 8. The van der Waals surface area contributed by atoms with Gasteiger partial charge in [0.15, 0.2) is 0 Å². The molecule has 100 valence electrons. The van der Waals surface area contributed by atoms with Gasteiger partial charge in [0.05, 0.1) is 6.61 Å². The van der Waals surface area contributed by atoms with Gasteiger partial charge < -0.3 is 15.6 Å². The molecule has 1 aromatic rings. The molecule has 0 radical (unpaired) electrons. The molecule has 0 heterocycles. The minimum absolute atomic E-state index is 0.310. The van der Waals surface area contributed by atoms with Crippen molar-refractivity contribution >= 4 is 11.8 Å². The lowest BCUT2D eigenvalue weighted by Crippen LogP contribution is -2.01. The molecule has 1 rings (SSSR count). The van der Waals surface area contributed by atoms with E-state index in [0.29, 0.717) is 6.61 Å². The summed E-state index contributed by atoms with van der Waals surface area (Å²) in [4.78, 5) is 10.1. The van der Waals surface area contributed by atoms with Crippen molar-refractivity contribution < 1.29 is 14.6 Å². The Balaban J connectivity index is 1.97. The summed E-state index contributed by atoms with van der Waals surface area (Å²) in [5.74, 6) is 0. The van der Waals surface area contributed by atoms with Crippen LogP contribution in [0.25, 0.3) is 0 Å². The van der Waals surface area contributed by atoms with Crippen LogP contribution in [0.2, 0.25) is 0 Å². The van der Waals surface area contributed by atoms with Crippen molar-refractivity contribution in [3.8, 4) is 0 Å². The first kappa shape index (κ1) is 14.4. The molecule has 0 aromatic heterocycles. The number of benzene rings is 1. The molecule has 3 N–H and O–H groups in total. The highest BCUT2D eigenvalue weighted by molar-refractivity contribution is 5.56. The molecule has 0 unspecified atom stereocenters. The number of carboxylic acid groups (broad SMARTS) is 1. The summed E-state index contributed by atoms with van der Waals surface area (Å²) < 4.78 is 4.43. The Bertz CT molecular complexity index is 366. The molecule has 0 aliphatic heterocycles. The van der Waals surface area contributed by atoms with Crippen molar-refractivity contribution in [2.45, 2.75) is 38.5 Å². The summed E-state index contributed by atoms with van der Waals surface area (Å²) in [6, 6.07) is 7.98. The Morgan fingerprint density at radius 3 is 2.61 bits per heavy atom. The minimum Gasteiger partial charge on any atom is -0.450 e. The predicted octanol–water partition coefficient (Wildman–Crippen LogP) is 3.46. The topological polar surface area (TPSA) is 72.5 Å². The zero-order chi connectivity index (χ0) is 13.2. The standard InChI is InChI=1S/C14H21NO3/c15-13-9-6-8-12(11-13)7-4-2-1-3-5-10-18-14(16)17/h6,8-9,11H,1-5,7,10,15H2,(H,16,17). The second-order valence-corrected chi connectivity index (χ2v) is 4.38. The van der Waals surface area contributed by atoms with E-state index >= 15 is 0 Å². The van der Waals surface area contributed by atoms with E-state index < -0.39 is 6.16 Å². The molecule has 0 bridgehead atoms. The molecule has 1 aromatic carbocycles. The Labute approximate surface area is 108 Å². The smallest absolute Gasteiger partial charge is 0.450 e. The van der Waals surface area contributed by atoms with E-state index in [4.69, 9.17) is 10.8 Å². The van der Waals surface area contributed by atoms with Crippen LogP contribution in [0.5, 0.6) is 0 Å². The van der Waals surface area contributed by atoms with E-state index in [1.54, 1.807) is 0 Å². The molecule has 4 nitrogen and oxygen atoms in total. The monoisotopic (exact) mass is 251 g/mol. The van der Waals surface area contributed by atoms with Crippen LogP contribution in [-0.2, 0) is 11.2 Å². The van der Waals surface area contributed by atoms with Crippen LogP contribution in [0.1, 0.15) is 37.7 Å². The third kappa shape index (κ3) is 6.78. The van der Waals surface area contributed by atoms with E-state index in [1.165, 1.54) is 5.56 Å². The number of unbranched alkanes of at least 4 members (excludes halogenated alkanes) is 4. The fourth-order valence-corrected chi connectivity index (χ4v) is 1.87. The highest BCUT2D eigenvalue weighted by Crippen LogP contribution is 2.11. The van der Waals surface area contributed by atoms with Gasteiger partial charge in [0.25, 0.3) is 0 Å². The number of nitrogen functional groups attached to an aromatic ring is 1. The molecular formula is C14H21NO3. The van der Waals surface area contributed by atoms with Crippen LogP contribution in [0.15, 0.2) is 24.3 Å². The van der Waals surface area contributed by atoms with E-state index in [2.05, 4.69) is 10.8 Å². The van der Waals surface area contributed by atoms with Crippen LogP contribution in [0, 0.1) is 0 Å². The summed E-state index contributed by atoms with van der Waals surface area (Å²) >= 11 is 0. The molecule has 0 aliphatic carbocycles. The van der Waals surface area contributed by atoms with Crippen molar-refractivity contribution in [3.05, 3.63) is 29.8 Å². The first-order chi connectivity index (χ1) is 8.68. The predicted molar refractivity (Wildman–Crippen MR) is 71.6 cm³/mol. The van der Waals surface area contributed by atoms with Crippen LogP contribution in [0.3, 0.4) is 0 Å². The Hall–Kier alpha value is -1.71. The molecule has 0 fully saturated rings. The van der Waals surface area contributed by atoms with Gasteiger partial charge in [-0.15, -0.1) is 0 Å². The number of carbonyl (C=O) groups is 1. The van der Waals surface area contributed by atoms with Gasteiger partial charge in [-0.3, -0.25) is 0 Å². The summed E-state index contributed by atoms with van der Waals surface area (Å²) in [6.07, 6.45) is 5.11. The van der Waals surface area contributed by atoms with Crippen molar-refractivity contribution in [3.63, 3.8) is 0 Å². The van der Waals surface area contributed by atoms with Gasteiger partial charge in [0.2, 0.25) is 0 Å². The maximum Gasteiger partial charge on any atom is 0.505 e. The normalized spacial score (nSPS) is 10.2. The summed E-state index contributed by atoms with van der Waals surface area (Å²) in [5.41, 5.74) is 7.81. The fourth-order valence-electron chi connectivity index (χ4n) is 1.87. The maximum atomic E-state index is 10.1. The largest absolute Gasteiger partial charge is 0.505 e. The van der Waals surface area contributed by atoms with Crippen LogP contribution in [0.4, 0.5) is 10.5 Å². The first-order valence-electron chi connectivity index (χ1n) is 6.38. The molecule has 0 saturated heterocycles. The lowest BCUT2D eigenvalue weighted by atomic mass is 10.1. The van der Waals surface area contributed by atoms with Gasteiger partial charge >= 0.3 is 6.16 Å². The van der Waals surface area contributed by atoms with Crippen molar-refractivity contribution in [1.82, 2.24) is 0 Å². The van der Waals surface area contributed by atoms with Gasteiger partial charge in [0, 0.05) is 5.69 Å². The SMILES string of the molecule is Nc1cccc(CCCCCCCOC(=O)O)c1. The Morgan fingerprint density at radius 2 is 1.89 bits per heavy atom. The van der Waals surface area contributed by atoms with Crippen molar-refractivity contribution in [2.24, 2.45) is 0 Å². The average molecular weight is 251 g/mol. The zero-order valence-corrected chi connectivity index (χ0v) is 10.6. The van der Waals surface area contributed by atoms with E-state index in [0.717, 1.165) is 44.2 Å². The van der Waals surface area contributed by atoms with Crippen LogP contribution >= 0.6 is 0 Å². The Morgan fingerprint density at radius 1 is 1.17 bits per heavy atom. The zero-order valence-electron chi connectivity index (χ0n) is 10.6. The van der Waals surface area contributed by atoms with Crippen LogP contribution < -0.4 is 5.73 Å². The summed E-state index contributed by atoms with van der Waals surface area (Å²) in [5, 5.41) is 8.27. The molecule has 0 amide bonds. The fraction of sp³-hybridized carbons (Fsp3) is 0.500. The van der Waals surface area contributed by atoms with Crippen molar-refractivity contribution in [1.29, 1.82) is 0 Å². The number of nitrogens with two attached hydrogens (primary N) is 1. The first-order valence-corrected chi connectivity index (χ1v) is 6.38. The van der Waals surface area contributed by atoms with Gasteiger partial charge in [-0.2, -0.15) is 0 Å². The quantitative estimate of drug-likeness (QED) is 0.421. The van der Waals surface area contributed by atoms with E-state index in [1.807, 2.05) is 18.2 Å². The highest BCUT2D eigenvalue weighted by Gasteiger charge is 1.97. The lowest BCUT2D eigenvalue weighted by Gasteiger charge is -2.03. The third-order valence-corrected chi connectivity index (χ3v) is 2.79. The van der Waals surface area contributed by atoms with Gasteiger partial charge in [-0.05, 0) is 37.0 Å². The number of ether oxygens (including phenoxy) is 1. The Kier molecular flexibility index (Phi) is 6.69. The van der Waals surface area contributed by atoms with Crippen LogP contribution in [-0.4, -0.2) is 17.9 Å². The molecule has 0 atom stereocenters. The van der Waals surface area contributed by atoms with Gasteiger partial charge in [-0.1, -0.05) is 31.4 Å². The molecule has 0 saturated carbocycles. The second-order valence-electron chi connectivity index (χ2n) is 4.38. The average Bonchev–Trinajstić information content (AvgIpc) is 2.32. The minimum atomic E-state index is -1.18. The van der Waals surface area contributed by atoms with Gasteiger partial charge in [0.1, 0.15) is 0 Å². The number of aryl methyl sites for hydroxylation is 1. The molecular weight excluding hydrogens is 230 g/mol. The van der Waals surface area contributed by atoms with E-state index in [9.17, 15) is 4.79 Å². The second kappa shape index (κ2) is 8.39. The van der Waals surface area contributed by atoms with Crippen molar-refractivity contribution in [2.75, 3.05) is 12.3 Å². The lowest BCUT2D eigenvalue weighted by molar-refractivity contribution is 0.0899. The summed E-state index contributed by atoms with van der Waals surface area (Å²) in [6.45, 7) is 0.310. The molecule has 18 heavy (non-hydrogen) atoms. The molecule has 0 spiro atoms. The third-order valence-electron chi connectivity index (χ3n) is 2.79.